The predicted molar refractivity (Wildman–Crippen MR) is 113 cm³/mol. The first-order valence-electron chi connectivity index (χ1n) is 10.4. The fourth-order valence-corrected chi connectivity index (χ4v) is 4.24. The van der Waals surface area contributed by atoms with Crippen LogP contribution in [0, 0.1) is 5.82 Å². The smallest absolute Gasteiger partial charge is 0.295 e. The van der Waals surface area contributed by atoms with Crippen LogP contribution in [-0.2, 0) is 22.4 Å². The van der Waals surface area contributed by atoms with Gasteiger partial charge in [-0.1, -0.05) is 12.1 Å². The maximum absolute atomic E-state index is 13.2. The van der Waals surface area contributed by atoms with Crippen LogP contribution < -0.4 is 4.74 Å². The third kappa shape index (κ3) is 3.45. The predicted octanol–water partition coefficient (Wildman–Crippen LogP) is 4.02. The second kappa shape index (κ2) is 8.00. The molecule has 5 rings (SSSR count). The summed E-state index contributed by atoms with van der Waals surface area (Å²) < 4.78 is 24.3. The van der Waals surface area contributed by atoms with Crippen molar-refractivity contribution < 1.29 is 28.2 Å². The molecule has 0 aliphatic carbocycles. The first-order valence-corrected chi connectivity index (χ1v) is 10.4. The molecule has 1 fully saturated rings. The molecule has 2 aliphatic rings. The molecule has 2 aliphatic heterocycles. The minimum atomic E-state index is -0.852. The number of ketones is 1. The van der Waals surface area contributed by atoms with Crippen LogP contribution in [-0.4, -0.2) is 34.8 Å². The van der Waals surface area contributed by atoms with Gasteiger partial charge < -0.3 is 19.2 Å². The average Bonchev–Trinajstić information content (AvgIpc) is 3.54. The summed E-state index contributed by atoms with van der Waals surface area (Å²) in [4.78, 5) is 27.3. The molecule has 0 bridgehead atoms. The lowest BCUT2D eigenvalue weighted by Gasteiger charge is -2.23. The number of carbonyl (C=O) groups excluding carboxylic acids is 2. The van der Waals surface area contributed by atoms with Gasteiger partial charge in [0, 0.05) is 18.5 Å². The molecule has 1 atom stereocenters. The highest BCUT2D eigenvalue weighted by molar-refractivity contribution is 6.46. The number of furan rings is 1. The maximum Gasteiger partial charge on any atom is 0.295 e. The molecule has 1 aromatic heterocycles. The first kappa shape index (κ1) is 20.1. The van der Waals surface area contributed by atoms with Crippen LogP contribution in [0.15, 0.2) is 70.9 Å². The fraction of sp³-hybridized carbons (Fsp3) is 0.200. The van der Waals surface area contributed by atoms with Crippen molar-refractivity contribution in [2.75, 3.05) is 13.2 Å². The largest absolute Gasteiger partial charge is 0.507 e. The minimum absolute atomic E-state index is 0.0112. The molecular formula is C25H20FNO5. The number of likely N-dealkylation sites (tertiary alicyclic amines) is 1. The number of Topliss-reactive ketones (excluding diaryl/α,β-unsaturated/α-hetero) is 1. The number of aliphatic hydroxyl groups excluding tert-OH is 1. The van der Waals surface area contributed by atoms with Gasteiger partial charge in [0.2, 0.25) is 0 Å². The van der Waals surface area contributed by atoms with Gasteiger partial charge in [-0.15, -0.1) is 0 Å². The molecule has 7 heteroatoms. The van der Waals surface area contributed by atoms with Gasteiger partial charge in [0.25, 0.3) is 11.7 Å². The van der Waals surface area contributed by atoms with Crippen LogP contribution in [0.3, 0.4) is 0 Å². The van der Waals surface area contributed by atoms with E-state index in [0.717, 1.165) is 16.9 Å². The van der Waals surface area contributed by atoms with E-state index in [9.17, 15) is 19.1 Å². The number of carbonyl (C=O) groups is 2. The molecule has 6 nitrogen and oxygen atoms in total. The highest BCUT2D eigenvalue weighted by Gasteiger charge is 2.47. The van der Waals surface area contributed by atoms with E-state index in [1.54, 1.807) is 42.5 Å². The van der Waals surface area contributed by atoms with Crippen LogP contribution in [0.25, 0.3) is 5.76 Å². The minimum Gasteiger partial charge on any atom is -0.507 e. The quantitative estimate of drug-likeness (QED) is 0.374. The molecule has 0 radical (unpaired) electrons. The Labute approximate surface area is 183 Å². The van der Waals surface area contributed by atoms with Crippen molar-refractivity contribution in [1.29, 1.82) is 0 Å². The second-order valence-corrected chi connectivity index (χ2v) is 7.81. The monoisotopic (exact) mass is 433 g/mol. The van der Waals surface area contributed by atoms with Crippen molar-refractivity contribution in [1.82, 2.24) is 4.90 Å². The Balaban J connectivity index is 1.52. The molecule has 1 N–H and O–H groups in total. The molecule has 32 heavy (non-hydrogen) atoms. The number of nitrogens with zero attached hydrogens (tertiary/aromatic N) is 1. The zero-order valence-corrected chi connectivity index (χ0v) is 17.1. The lowest BCUT2D eigenvalue weighted by atomic mass is 9.98. The lowest BCUT2D eigenvalue weighted by Crippen LogP contribution is -2.31. The summed E-state index contributed by atoms with van der Waals surface area (Å²) in [6.45, 7) is 0.774. The van der Waals surface area contributed by atoms with Gasteiger partial charge in [0.15, 0.2) is 0 Å². The third-order valence-electron chi connectivity index (χ3n) is 5.87. The van der Waals surface area contributed by atoms with Crippen molar-refractivity contribution in [3.05, 3.63) is 94.7 Å². The Hall–Kier alpha value is -3.87. The number of rotatable bonds is 5. The molecule has 0 spiro atoms. The Kier molecular flexibility index (Phi) is 5.01. The number of benzene rings is 2. The molecule has 1 saturated heterocycles. The number of ether oxygens (including phenoxy) is 1. The Morgan fingerprint density at radius 2 is 1.94 bits per heavy atom. The second-order valence-electron chi connectivity index (χ2n) is 7.81. The Morgan fingerprint density at radius 1 is 1.12 bits per heavy atom. The lowest BCUT2D eigenvalue weighted by molar-refractivity contribution is -0.140. The number of halogens is 1. The molecule has 0 saturated carbocycles. The van der Waals surface area contributed by atoms with Gasteiger partial charge in [0.05, 0.1) is 18.4 Å². The average molecular weight is 433 g/mol. The summed E-state index contributed by atoms with van der Waals surface area (Å²) in [5.74, 6) is -0.925. The normalized spacial score (nSPS) is 19.3. The van der Waals surface area contributed by atoms with E-state index < -0.39 is 17.7 Å². The molecule has 1 amide bonds. The standard InChI is InChI=1S/C25H20FNO5/c26-18-6-3-15(4-7-18)9-11-27-22(20-2-1-12-31-20)21(24(29)25(27)30)23(28)17-5-8-19-16(14-17)10-13-32-19/h1-8,12,14,22,28H,9-11,13H2/b23-21-. The third-order valence-corrected chi connectivity index (χ3v) is 5.87. The number of hydrogen-bond donors (Lipinski definition) is 1. The van der Waals surface area contributed by atoms with E-state index in [1.807, 2.05) is 0 Å². The SMILES string of the molecule is O=C1C(=O)N(CCc2ccc(F)cc2)C(c2ccco2)/C1=C(/O)c1ccc2c(c1)CCO2. The molecule has 3 aromatic rings. The summed E-state index contributed by atoms with van der Waals surface area (Å²) in [6.07, 6.45) is 2.59. The highest BCUT2D eigenvalue weighted by atomic mass is 19.1. The van der Waals surface area contributed by atoms with Crippen molar-refractivity contribution in [3.63, 3.8) is 0 Å². The van der Waals surface area contributed by atoms with Crippen LogP contribution in [0.2, 0.25) is 0 Å². The van der Waals surface area contributed by atoms with Gasteiger partial charge in [-0.25, -0.2) is 4.39 Å². The van der Waals surface area contributed by atoms with Crippen molar-refractivity contribution in [2.24, 2.45) is 0 Å². The molecule has 2 aromatic carbocycles. The van der Waals surface area contributed by atoms with E-state index in [2.05, 4.69) is 0 Å². The fourth-order valence-electron chi connectivity index (χ4n) is 4.24. The van der Waals surface area contributed by atoms with Gasteiger partial charge in [0.1, 0.15) is 29.1 Å². The molecule has 3 heterocycles. The van der Waals surface area contributed by atoms with Crippen LogP contribution >= 0.6 is 0 Å². The van der Waals surface area contributed by atoms with Gasteiger partial charge in [-0.3, -0.25) is 9.59 Å². The van der Waals surface area contributed by atoms with Crippen LogP contribution in [0.1, 0.15) is 28.5 Å². The number of hydrogen-bond acceptors (Lipinski definition) is 5. The molecular weight excluding hydrogens is 413 g/mol. The van der Waals surface area contributed by atoms with E-state index in [1.165, 1.54) is 23.3 Å². The summed E-state index contributed by atoms with van der Waals surface area (Å²) in [6, 6.07) is 13.7. The van der Waals surface area contributed by atoms with Gasteiger partial charge in [-0.05, 0) is 60.0 Å². The Morgan fingerprint density at radius 3 is 2.69 bits per heavy atom. The molecule has 1 unspecified atom stereocenters. The summed E-state index contributed by atoms with van der Waals surface area (Å²) in [7, 11) is 0. The van der Waals surface area contributed by atoms with E-state index in [0.29, 0.717) is 30.8 Å². The number of amides is 1. The summed E-state index contributed by atoms with van der Waals surface area (Å²) >= 11 is 0. The van der Waals surface area contributed by atoms with Gasteiger partial charge in [-0.2, -0.15) is 0 Å². The van der Waals surface area contributed by atoms with Crippen molar-refractivity contribution in [3.8, 4) is 5.75 Å². The first-order chi connectivity index (χ1) is 15.5. The highest BCUT2D eigenvalue weighted by Crippen LogP contribution is 2.40. The summed E-state index contributed by atoms with van der Waals surface area (Å²) in [5, 5.41) is 11.1. The van der Waals surface area contributed by atoms with E-state index >= 15 is 0 Å². The van der Waals surface area contributed by atoms with Gasteiger partial charge >= 0.3 is 0 Å². The zero-order valence-electron chi connectivity index (χ0n) is 17.1. The Bertz CT molecular complexity index is 1210. The van der Waals surface area contributed by atoms with Crippen LogP contribution in [0.4, 0.5) is 4.39 Å². The zero-order chi connectivity index (χ0) is 22.2. The molecule has 162 valence electrons. The van der Waals surface area contributed by atoms with E-state index in [-0.39, 0.29) is 23.7 Å². The van der Waals surface area contributed by atoms with Crippen LogP contribution in [0.5, 0.6) is 5.75 Å². The van der Waals surface area contributed by atoms with E-state index in [4.69, 9.17) is 9.15 Å². The van der Waals surface area contributed by atoms with Crippen molar-refractivity contribution >= 4 is 17.4 Å². The topological polar surface area (TPSA) is 80.0 Å². The number of fused-ring (bicyclic) bond motifs is 1. The maximum atomic E-state index is 13.2. The summed E-state index contributed by atoms with van der Waals surface area (Å²) in [5.41, 5.74) is 2.20. The number of aliphatic hydroxyl groups is 1. The van der Waals surface area contributed by atoms with Crippen molar-refractivity contribution in [2.45, 2.75) is 18.9 Å².